The number of benzene rings is 2. The maximum absolute atomic E-state index is 13.1. The highest BCUT2D eigenvalue weighted by atomic mass is 32.2. The summed E-state index contributed by atoms with van der Waals surface area (Å²) in [6, 6.07) is 15.6. The van der Waals surface area contributed by atoms with Crippen molar-refractivity contribution in [2.75, 3.05) is 11.2 Å². The van der Waals surface area contributed by atoms with Crippen LogP contribution in [0, 0.1) is 20.8 Å². The molecule has 0 unspecified atom stereocenters. The molecule has 3 rings (SSSR count). The van der Waals surface area contributed by atoms with Gasteiger partial charge in [-0.1, -0.05) is 54.2 Å². The van der Waals surface area contributed by atoms with Gasteiger partial charge in [0.15, 0.2) is 0 Å². The molecule has 0 aliphatic heterocycles. The first-order valence-corrected chi connectivity index (χ1v) is 9.10. The van der Waals surface area contributed by atoms with Crippen LogP contribution in [-0.4, -0.2) is 20.8 Å². The van der Waals surface area contributed by atoms with E-state index in [1.807, 2.05) is 62.4 Å². The summed E-state index contributed by atoms with van der Waals surface area (Å²) in [5.41, 5.74) is 3.79. The van der Waals surface area contributed by atoms with Gasteiger partial charge in [-0.05, 0) is 43.5 Å². The molecule has 0 saturated heterocycles. The van der Waals surface area contributed by atoms with Gasteiger partial charge in [0.1, 0.15) is 11.1 Å². The Morgan fingerprint density at radius 3 is 2.50 bits per heavy atom. The Balaban J connectivity index is 1.91. The standard InChI is InChI=1S/C19H21N5OS/c1-12-9-10-13(2)16(11-12)21-18(25)17(15-7-5-4-6-8-15)26-19-23-22-14(3)24(19)20/h4-11,17H,20H2,1-3H3,(H,21,25)/t17-/m1/s1. The van der Waals surface area contributed by atoms with Gasteiger partial charge >= 0.3 is 0 Å². The van der Waals surface area contributed by atoms with E-state index in [1.54, 1.807) is 6.92 Å². The summed E-state index contributed by atoms with van der Waals surface area (Å²) in [6.45, 7) is 5.74. The number of nitrogens with one attached hydrogen (secondary N) is 1. The van der Waals surface area contributed by atoms with Gasteiger partial charge in [-0.15, -0.1) is 10.2 Å². The van der Waals surface area contributed by atoms with Crippen molar-refractivity contribution in [1.29, 1.82) is 0 Å². The number of anilines is 1. The number of nitrogens with zero attached hydrogens (tertiary/aromatic N) is 3. The van der Waals surface area contributed by atoms with Crippen LogP contribution in [0.1, 0.15) is 27.8 Å². The third-order valence-corrected chi connectivity index (χ3v) is 5.26. The summed E-state index contributed by atoms with van der Waals surface area (Å²) in [7, 11) is 0. The molecule has 0 radical (unpaired) electrons. The van der Waals surface area contributed by atoms with Crippen LogP contribution >= 0.6 is 11.8 Å². The molecule has 0 aliphatic rings. The number of amides is 1. The zero-order valence-electron chi connectivity index (χ0n) is 14.9. The highest BCUT2D eigenvalue weighted by molar-refractivity contribution is 8.00. The number of hydrogen-bond donors (Lipinski definition) is 2. The van der Waals surface area contributed by atoms with Crippen molar-refractivity contribution < 1.29 is 4.79 Å². The maximum Gasteiger partial charge on any atom is 0.242 e. The maximum atomic E-state index is 13.1. The number of carbonyl (C=O) groups is 1. The molecule has 0 bridgehead atoms. The molecule has 1 atom stereocenters. The largest absolute Gasteiger partial charge is 0.336 e. The van der Waals surface area contributed by atoms with Crippen LogP contribution in [0.2, 0.25) is 0 Å². The third kappa shape index (κ3) is 3.88. The molecular formula is C19H21N5OS. The molecule has 3 N–H and O–H groups in total. The predicted molar refractivity (Wildman–Crippen MR) is 104 cm³/mol. The summed E-state index contributed by atoms with van der Waals surface area (Å²) in [5, 5.41) is 11.1. The lowest BCUT2D eigenvalue weighted by Crippen LogP contribution is -2.21. The quantitative estimate of drug-likeness (QED) is 0.533. The minimum absolute atomic E-state index is 0.129. The van der Waals surface area contributed by atoms with E-state index >= 15 is 0 Å². The second kappa shape index (κ2) is 7.61. The fourth-order valence-corrected chi connectivity index (χ4v) is 3.51. The van der Waals surface area contributed by atoms with E-state index in [4.69, 9.17) is 5.84 Å². The monoisotopic (exact) mass is 367 g/mol. The van der Waals surface area contributed by atoms with Crippen molar-refractivity contribution in [2.45, 2.75) is 31.2 Å². The molecule has 3 aromatic rings. The summed E-state index contributed by atoms with van der Waals surface area (Å²) in [4.78, 5) is 13.1. The lowest BCUT2D eigenvalue weighted by atomic mass is 10.1. The Labute approximate surface area is 156 Å². The molecule has 134 valence electrons. The number of nitrogens with two attached hydrogens (primary N) is 1. The molecule has 1 heterocycles. The molecule has 0 saturated carbocycles. The van der Waals surface area contributed by atoms with Gasteiger partial charge in [0, 0.05) is 5.69 Å². The van der Waals surface area contributed by atoms with Crippen LogP contribution in [0.15, 0.2) is 53.7 Å². The second-order valence-corrected chi connectivity index (χ2v) is 7.19. The SMILES string of the molecule is Cc1ccc(C)c(NC(=O)[C@H](Sc2nnc(C)n2N)c2ccccc2)c1. The van der Waals surface area contributed by atoms with Crippen molar-refractivity contribution in [3.63, 3.8) is 0 Å². The van der Waals surface area contributed by atoms with Gasteiger partial charge in [0.25, 0.3) is 0 Å². The summed E-state index contributed by atoms with van der Waals surface area (Å²) in [6.07, 6.45) is 0. The van der Waals surface area contributed by atoms with Crippen LogP contribution in [0.5, 0.6) is 0 Å². The summed E-state index contributed by atoms with van der Waals surface area (Å²) < 4.78 is 1.39. The third-order valence-electron chi connectivity index (χ3n) is 4.05. The van der Waals surface area contributed by atoms with E-state index < -0.39 is 5.25 Å². The molecule has 6 nitrogen and oxygen atoms in total. The van der Waals surface area contributed by atoms with E-state index in [0.717, 1.165) is 22.4 Å². The molecular weight excluding hydrogens is 346 g/mol. The number of thioether (sulfide) groups is 1. The van der Waals surface area contributed by atoms with Gasteiger partial charge in [-0.3, -0.25) is 4.79 Å². The molecule has 0 spiro atoms. The fraction of sp³-hybridized carbons (Fsp3) is 0.211. The lowest BCUT2D eigenvalue weighted by Gasteiger charge is -2.17. The minimum atomic E-state index is -0.498. The van der Waals surface area contributed by atoms with Crippen LogP contribution in [-0.2, 0) is 4.79 Å². The molecule has 0 aliphatic carbocycles. The van der Waals surface area contributed by atoms with Gasteiger partial charge in [0.05, 0.1) is 0 Å². The average Bonchev–Trinajstić information content (AvgIpc) is 2.95. The molecule has 7 heteroatoms. The van der Waals surface area contributed by atoms with E-state index in [0.29, 0.717) is 11.0 Å². The number of rotatable bonds is 5. The highest BCUT2D eigenvalue weighted by Crippen LogP contribution is 2.35. The van der Waals surface area contributed by atoms with Crippen molar-refractivity contribution in [2.24, 2.45) is 0 Å². The molecule has 0 fully saturated rings. The minimum Gasteiger partial charge on any atom is -0.336 e. The van der Waals surface area contributed by atoms with Gasteiger partial charge in [0.2, 0.25) is 11.1 Å². The van der Waals surface area contributed by atoms with Crippen LogP contribution in [0.25, 0.3) is 0 Å². The Hall–Kier alpha value is -2.80. The normalized spacial score (nSPS) is 12.0. The first-order chi connectivity index (χ1) is 12.5. The molecule has 1 amide bonds. The Morgan fingerprint density at radius 2 is 1.85 bits per heavy atom. The second-order valence-electron chi connectivity index (χ2n) is 6.12. The van der Waals surface area contributed by atoms with Crippen molar-refractivity contribution in [3.05, 3.63) is 71.0 Å². The summed E-state index contributed by atoms with van der Waals surface area (Å²) >= 11 is 1.28. The van der Waals surface area contributed by atoms with E-state index in [2.05, 4.69) is 15.5 Å². The number of aromatic nitrogens is 3. The number of nitrogen functional groups attached to an aromatic ring is 1. The topological polar surface area (TPSA) is 85.8 Å². The van der Waals surface area contributed by atoms with E-state index in [9.17, 15) is 4.79 Å². The molecule has 26 heavy (non-hydrogen) atoms. The Kier molecular flexibility index (Phi) is 5.27. The van der Waals surface area contributed by atoms with Gasteiger partial charge < -0.3 is 11.2 Å². The van der Waals surface area contributed by atoms with Crippen molar-refractivity contribution >= 4 is 23.4 Å². The number of carbonyl (C=O) groups excluding carboxylic acids is 1. The molecule has 1 aromatic heterocycles. The van der Waals surface area contributed by atoms with E-state index in [1.165, 1.54) is 16.4 Å². The van der Waals surface area contributed by atoms with Crippen molar-refractivity contribution in [3.8, 4) is 0 Å². The first kappa shape index (κ1) is 18.0. The Bertz CT molecular complexity index is 923. The fourth-order valence-electron chi connectivity index (χ4n) is 2.51. The Morgan fingerprint density at radius 1 is 1.12 bits per heavy atom. The van der Waals surface area contributed by atoms with Crippen molar-refractivity contribution in [1.82, 2.24) is 14.9 Å². The van der Waals surface area contributed by atoms with Crippen LogP contribution in [0.4, 0.5) is 5.69 Å². The van der Waals surface area contributed by atoms with Gasteiger partial charge in [-0.25, -0.2) is 4.68 Å². The lowest BCUT2D eigenvalue weighted by molar-refractivity contribution is -0.115. The van der Waals surface area contributed by atoms with Crippen LogP contribution in [0.3, 0.4) is 0 Å². The number of hydrogen-bond acceptors (Lipinski definition) is 5. The zero-order valence-corrected chi connectivity index (χ0v) is 15.7. The van der Waals surface area contributed by atoms with Gasteiger partial charge in [-0.2, -0.15) is 0 Å². The predicted octanol–water partition coefficient (Wildman–Crippen LogP) is 3.39. The molecule has 2 aromatic carbocycles. The number of aryl methyl sites for hydroxylation is 3. The average molecular weight is 367 g/mol. The zero-order chi connectivity index (χ0) is 18.7. The smallest absolute Gasteiger partial charge is 0.242 e. The first-order valence-electron chi connectivity index (χ1n) is 8.22. The highest BCUT2D eigenvalue weighted by Gasteiger charge is 2.25. The van der Waals surface area contributed by atoms with E-state index in [-0.39, 0.29) is 5.91 Å². The summed E-state index contributed by atoms with van der Waals surface area (Å²) in [5.74, 6) is 6.43. The van der Waals surface area contributed by atoms with Crippen LogP contribution < -0.4 is 11.2 Å².